The molecule has 0 radical (unpaired) electrons. The van der Waals surface area contributed by atoms with Gasteiger partial charge in [0.05, 0.1) is 0 Å². The molecule has 1 fully saturated rings. The van der Waals surface area contributed by atoms with Gasteiger partial charge in [0.2, 0.25) is 0 Å². The van der Waals surface area contributed by atoms with Crippen LogP contribution in [0.5, 0.6) is 0 Å². The third-order valence-electron chi connectivity index (χ3n) is 4.89. The van der Waals surface area contributed by atoms with E-state index in [1.807, 2.05) is 54.6 Å². The van der Waals surface area contributed by atoms with Crippen molar-refractivity contribution in [3.05, 3.63) is 108 Å². The molecule has 4 rings (SSSR count). The molecule has 0 aliphatic carbocycles. The Kier molecular flexibility index (Phi) is 13.0. The maximum atomic E-state index is 6.30. The molecule has 0 amide bonds. The van der Waals surface area contributed by atoms with Crippen LogP contribution >= 0.6 is 0 Å². The minimum absolute atomic E-state index is 0. The number of rotatable bonds is 5. The molecule has 0 bridgehead atoms. The van der Waals surface area contributed by atoms with Crippen molar-refractivity contribution in [2.75, 3.05) is 18.7 Å². The fourth-order valence-corrected chi connectivity index (χ4v) is 3.79. The van der Waals surface area contributed by atoms with E-state index in [1.165, 1.54) is 19.3 Å². The van der Waals surface area contributed by atoms with Crippen LogP contribution in [0.25, 0.3) is 0 Å². The topological polar surface area (TPSA) is 18.5 Å². The Balaban J connectivity index is 0.000000487. The van der Waals surface area contributed by atoms with Gasteiger partial charge in [-0.2, -0.15) is 0 Å². The molecule has 30 heavy (non-hydrogen) atoms. The molecular formula is C25H27Cl2MnO2. The zero-order valence-corrected chi connectivity index (χ0v) is 19.5. The summed E-state index contributed by atoms with van der Waals surface area (Å²) < 4.78 is 11.4. The second-order valence-corrected chi connectivity index (χ2v) is 7.05. The Labute approximate surface area is 201 Å². The van der Waals surface area contributed by atoms with Crippen molar-refractivity contribution >= 4 is 0 Å². The summed E-state index contributed by atoms with van der Waals surface area (Å²) in [6, 6.07) is 31.1. The molecule has 0 N–H and O–H groups in total. The van der Waals surface area contributed by atoms with Gasteiger partial charge in [0.25, 0.3) is 0 Å². The summed E-state index contributed by atoms with van der Waals surface area (Å²) in [6.07, 6.45) is 3.93. The van der Waals surface area contributed by atoms with E-state index in [4.69, 9.17) is 9.47 Å². The van der Waals surface area contributed by atoms with E-state index in [1.54, 1.807) is 0 Å². The predicted octanol–water partition coefficient (Wildman–Crippen LogP) is -0.306. The molecule has 0 spiro atoms. The minimum atomic E-state index is -0.618. The SMILES string of the molecule is C1CCOCC1.[Cl-].[Cl-].[Mn+2][CH2]OC(c1ccccc1)(c1ccccc1)c1ccccc1. The van der Waals surface area contributed by atoms with Gasteiger partial charge in [-0.3, -0.25) is 0 Å². The van der Waals surface area contributed by atoms with E-state index in [2.05, 4.69) is 52.4 Å². The van der Waals surface area contributed by atoms with Crippen molar-refractivity contribution in [1.29, 1.82) is 0 Å². The first-order chi connectivity index (χ1) is 13.9. The molecule has 2 nitrogen and oxygen atoms in total. The van der Waals surface area contributed by atoms with Crippen molar-refractivity contribution in [2.24, 2.45) is 0 Å². The monoisotopic (exact) mass is 484 g/mol. The first-order valence-electron chi connectivity index (χ1n) is 9.82. The predicted molar refractivity (Wildman–Crippen MR) is 110 cm³/mol. The second-order valence-electron chi connectivity index (χ2n) is 6.71. The van der Waals surface area contributed by atoms with Crippen LogP contribution in [0.1, 0.15) is 36.0 Å². The van der Waals surface area contributed by atoms with Gasteiger partial charge in [-0.05, 0) is 19.3 Å². The molecule has 3 aromatic carbocycles. The summed E-state index contributed by atoms with van der Waals surface area (Å²) in [6.45, 7) is 2.00. The Morgan fingerprint density at radius 2 is 1.00 bits per heavy atom. The zero-order chi connectivity index (χ0) is 19.5. The van der Waals surface area contributed by atoms with Gasteiger partial charge in [-0.25, -0.2) is 0 Å². The number of halogens is 2. The molecule has 3 aromatic rings. The van der Waals surface area contributed by atoms with Crippen molar-refractivity contribution in [2.45, 2.75) is 24.9 Å². The van der Waals surface area contributed by atoms with Crippen LogP contribution in [-0.2, 0) is 31.1 Å². The fraction of sp³-hybridized carbons (Fsp3) is 0.280. The Morgan fingerprint density at radius 3 is 1.23 bits per heavy atom. The standard InChI is InChI=1S/C20H17O.C5H10O.2ClH.Mn/c1-21-20(17-11-5-2-6-12-17,18-13-7-3-8-14-18)19-15-9-4-10-16-19;1-2-4-6-5-3-1;;;/h2-16H,1H2;1-5H2;2*1H;/q;;;;+2/p-2. The molecular weight excluding hydrogens is 458 g/mol. The van der Waals surface area contributed by atoms with E-state index >= 15 is 0 Å². The van der Waals surface area contributed by atoms with E-state index in [9.17, 15) is 0 Å². The molecule has 160 valence electrons. The van der Waals surface area contributed by atoms with E-state index < -0.39 is 5.60 Å². The summed E-state index contributed by atoms with van der Waals surface area (Å²) in [5.41, 5.74) is 3.18. The molecule has 0 saturated carbocycles. The van der Waals surface area contributed by atoms with Gasteiger partial charge in [-0.1, -0.05) is 0 Å². The quantitative estimate of drug-likeness (QED) is 0.365. The molecule has 0 unspecified atom stereocenters. The third-order valence-corrected chi connectivity index (χ3v) is 5.06. The average Bonchev–Trinajstić information content (AvgIpc) is 2.81. The van der Waals surface area contributed by atoms with Gasteiger partial charge in [0.15, 0.2) is 0 Å². The van der Waals surface area contributed by atoms with E-state index in [0.717, 1.165) is 29.9 Å². The first-order valence-corrected chi connectivity index (χ1v) is 10.7. The van der Waals surface area contributed by atoms with Crippen LogP contribution in [0.4, 0.5) is 0 Å². The summed E-state index contributed by atoms with van der Waals surface area (Å²) in [5, 5.41) is 0. The Hall–Kier alpha value is -1.32. The van der Waals surface area contributed by atoms with Crippen LogP contribution in [0.3, 0.4) is 0 Å². The van der Waals surface area contributed by atoms with Crippen molar-refractivity contribution in [3.8, 4) is 0 Å². The molecule has 0 aromatic heterocycles. The van der Waals surface area contributed by atoms with Gasteiger partial charge in [0.1, 0.15) is 0 Å². The molecule has 0 atom stereocenters. The Bertz CT molecular complexity index is 689. The van der Waals surface area contributed by atoms with Crippen LogP contribution in [0.2, 0.25) is 0 Å². The second kappa shape index (κ2) is 14.6. The molecule has 1 aliphatic heterocycles. The van der Waals surface area contributed by atoms with Crippen molar-refractivity contribution < 1.29 is 50.3 Å². The molecule has 1 heterocycles. The van der Waals surface area contributed by atoms with Crippen LogP contribution in [0.15, 0.2) is 91.0 Å². The first kappa shape index (κ1) is 26.7. The van der Waals surface area contributed by atoms with Crippen LogP contribution in [0, 0.1) is 0 Å². The van der Waals surface area contributed by atoms with Gasteiger partial charge < -0.3 is 29.6 Å². The third kappa shape index (κ3) is 6.85. The van der Waals surface area contributed by atoms with Crippen LogP contribution in [-0.4, -0.2) is 18.7 Å². The summed E-state index contributed by atoms with van der Waals surface area (Å²) in [5.74, 6) is 0. The van der Waals surface area contributed by atoms with Crippen molar-refractivity contribution in [1.82, 2.24) is 0 Å². The number of hydrogen-bond donors (Lipinski definition) is 0. The van der Waals surface area contributed by atoms with E-state index in [0.29, 0.717) is 5.51 Å². The summed E-state index contributed by atoms with van der Waals surface area (Å²) >= 11 is 3.45. The van der Waals surface area contributed by atoms with Gasteiger partial charge in [0, 0.05) is 13.2 Å². The number of benzene rings is 3. The van der Waals surface area contributed by atoms with Gasteiger partial charge >= 0.3 is 140 Å². The average molecular weight is 485 g/mol. The zero-order valence-electron chi connectivity index (χ0n) is 16.9. The summed E-state index contributed by atoms with van der Waals surface area (Å²) in [7, 11) is 0. The van der Waals surface area contributed by atoms with Crippen LogP contribution < -0.4 is 24.8 Å². The molecule has 1 saturated heterocycles. The molecule has 1 aliphatic rings. The normalized spacial score (nSPS) is 13.1. The Morgan fingerprint density at radius 1 is 0.633 bits per heavy atom. The van der Waals surface area contributed by atoms with E-state index in [-0.39, 0.29) is 24.8 Å². The number of hydrogen-bond acceptors (Lipinski definition) is 2. The van der Waals surface area contributed by atoms with Crippen molar-refractivity contribution in [3.63, 3.8) is 0 Å². The van der Waals surface area contributed by atoms with Gasteiger partial charge in [-0.15, -0.1) is 0 Å². The summed E-state index contributed by atoms with van der Waals surface area (Å²) in [4.78, 5) is 0. The molecule has 5 heteroatoms. The number of ether oxygens (including phenoxy) is 2. The fourth-order valence-electron chi connectivity index (χ4n) is 3.54. The maximum absolute atomic E-state index is 6.30.